The molecule has 4 rings (SSSR count). The number of fused-ring (bicyclic) bond motifs is 1. The maximum atomic E-state index is 11.7. The molecule has 1 saturated heterocycles. The van der Waals surface area contributed by atoms with Crippen molar-refractivity contribution in [2.75, 3.05) is 23.7 Å². The van der Waals surface area contributed by atoms with Crippen LogP contribution in [0.1, 0.15) is 50.6 Å². The van der Waals surface area contributed by atoms with Crippen LogP contribution >= 0.6 is 0 Å². The second-order valence-electron chi connectivity index (χ2n) is 7.06. The van der Waals surface area contributed by atoms with Crippen molar-refractivity contribution in [3.63, 3.8) is 0 Å². The first-order chi connectivity index (χ1) is 12.1. The van der Waals surface area contributed by atoms with Crippen LogP contribution in [0.5, 0.6) is 0 Å². The van der Waals surface area contributed by atoms with Gasteiger partial charge in [0.25, 0.3) is 0 Å². The van der Waals surface area contributed by atoms with Crippen LogP contribution < -0.4 is 9.62 Å². The fraction of sp³-hybridized carbons (Fsp3) is 0.647. The average molecular weight is 363 g/mol. The maximum absolute atomic E-state index is 11.7. The highest BCUT2D eigenvalue weighted by Gasteiger charge is 2.26. The molecule has 25 heavy (non-hydrogen) atoms. The molecular formula is C17H25N5O2S. The Morgan fingerprint density at radius 1 is 1.24 bits per heavy atom. The molecule has 136 valence electrons. The molecule has 0 spiro atoms. The van der Waals surface area contributed by atoms with Gasteiger partial charge in [0.15, 0.2) is 5.82 Å². The van der Waals surface area contributed by atoms with Crippen LogP contribution in [0.25, 0.3) is 5.52 Å². The molecule has 0 radical (unpaired) electrons. The monoisotopic (exact) mass is 363 g/mol. The number of aromatic nitrogens is 3. The largest absolute Gasteiger partial charge is 0.355 e. The van der Waals surface area contributed by atoms with E-state index in [1.165, 1.54) is 25.0 Å². The Hall–Kier alpha value is -1.67. The third kappa shape index (κ3) is 3.37. The zero-order chi connectivity index (χ0) is 17.4. The van der Waals surface area contributed by atoms with Crippen molar-refractivity contribution >= 4 is 21.4 Å². The van der Waals surface area contributed by atoms with Gasteiger partial charge in [-0.3, -0.25) is 0 Å². The zero-order valence-electron chi connectivity index (χ0n) is 14.6. The molecule has 2 aromatic heterocycles. The lowest BCUT2D eigenvalue weighted by molar-refractivity contribution is 0.409. The molecule has 0 amide bonds. The van der Waals surface area contributed by atoms with Crippen molar-refractivity contribution in [2.45, 2.75) is 51.0 Å². The Labute approximate surface area is 148 Å². The van der Waals surface area contributed by atoms with Crippen LogP contribution in [-0.2, 0) is 10.0 Å². The molecule has 2 fully saturated rings. The van der Waals surface area contributed by atoms with E-state index in [0.29, 0.717) is 5.92 Å². The van der Waals surface area contributed by atoms with Gasteiger partial charge in [-0.2, -0.15) is 5.10 Å². The van der Waals surface area contributed by atoms with E-state index >= 15 is 0 Å². The molecule has 2 aliphatic rings. The lowest BCUT2D eigenvalue weighted by Crippen LogP contribution is -2.45. The van der Waals surface area contributed by atoms with E-state index in [1.807, 2.05) is 10.7 Å². The molecular weight excluding hydrogens is 338 g/mol. The van der Waals surface area contributed by atoms with Crippen molar-refractivity contribution in [2.24, 2.45) is 0 Å². The number of sulfonamides is 1. The minimum atomic E-state index is -3.14. The van der Waals surface area contributed by atoms with Gasteiger partial charge in [-0.15, -0.1) is 0 Å². The highest BCUT2D eigenvalue weighted by Crippen LogP contribution is 2.36. The van der Waals surface area contributed by atoms with E-state index in [2.05, 4.69) is 20.7 Å². The quantitative estimate of drug-likeness (QED) is 0.878. The topological polar surface area (TPSA) is 79.6 Å². The molecule has 1 N–H and O–H groups in total. The van der Waals surface area contributed by atoms with Crippen molar-refractivity contribution < 1.29 is 8.42 Å². The second-order valence-corrected chi connectivity index (χ2v) is 9.10. The molecule has 7 nitrogen and oxygen atoms in total. The number of hydrogen-bond acceptors (Lipinski definition) is 5. The van der Waals surface area contributed by atoms with Crippen LogP contribution in [0, 0.1) is 0 Å². The zero-order valence-corrected chi connectivity index (χ0v) is 15.4. The fourth-order valence-corrected chi connectivity index (χ4v) is 4.53. The van der Waals surface area contributed by atoms with E-state index < -0.39 is 10.0 Å². The van der Waals surface area contributed by atoms with Gasteiger partial charge >= 0.3 is 0 Å². The van der Waals surface area contributed by atoms with Crippen molar-refractivity contribution in [1.29, 1.82) is 0 Å². The molecule has 1 aliphatic carbocycles. The van der Waals surface area contributed by atoms with Crippen LogP contribution in [0.2, 0.25) is 0 Å². The predicted octanol–water partition coefficient (Wildman–Crippen LogP) is 1.90. The van der Waals surface area contributed by atoms with E-state index in [4.69, 9.17) is 5.10 Å². The molecule has 0 aromatic carbocycles. The van der Waals surface area contributed by atoms with Crippen molar-refractivity contribution in [3.8, 4) is 0 Å². The van der Waals surface area contributed by atoms with Crippen LogP contribution in [0.15, 0.2) is 18.5 Å². The van der Waals surface area contributed by atoms with Gasteiger partial charge < -0.3 is 4.90 Å². The first kappa shape index (κ1) is 16.8. The van der Waals surface area contributed by atoms with Crippen LogP contribution in [0.3, 0.4) is 0 Å². The third-order valence-electron chi connectivity index (χ3n) is 5.43. The number of anilines is 1. The number of piperidine rings is 1. The summed E-state index contributed by atoms with van der Waals surface area (Å²) in [5.74, 6) is 1.69. The Bertz CT molecular complexity index is 851. The summed E-state index contributed by atoms with van der Waals surface area (Å²) >= 11 is 0. The Morgan fingerprint density at radius 3 is 2.64 bits per heavy atom. The lowest BCUT2D eigenvalue weighted by atomic mass is 9.83. The van der Waals surface area contributed by atoms with Crippen molar-refractivity contribution in [1.82, 2.24) is 19.3 Å². The van der Waals surface area contributed by atoms with Crippen molar-refractivity contribution in [3.05, 3.63) is 24.2 Å². The summed E-state index contributed by atoms with van der Waals surface area (Å²) in [6.07, 6.45) is 9.06. The van der Waals surface area contributed by atoms with E-state index in [1.54, 1.807) is 13.1 Å². The van der Waals surface area contributed by atoms with Gasteiger partial charge in [-0.05, 0) is 38.7 Å². The molecule has 0 bridgehead atoms. The van der Waals surface area contributed by atoms with Crippen LogP contribution in [0.4, 0.5) is 5.82 Å². The summed E-state index contributed by atoms with van der Waals surface area (Å²) in [5, 5.41) is 4.72. The third-order valence-corrected chi connectivity index (χ3v) is 6.89. The number of nitrogens with one attached hydrogen (secondary N) is 1. The summed E-state index contributed by atoms with van der Waals surface area (Å²) in [7, 11) is -3.14. The summed E-state index contributed by atoms with van der Waals surface area (Å²) in [5.41, 5.74) is 2.23. The highest BCUT2D eigenvalue weighted by molar-refractivity contribution is 7.89. The second kappa shape index (κ2) is 6.57. The Morgan fingerprint density at radius 2 is 2.00 bits per heavy atom. The highest BCUT2D eigenvalue weighted by atomic mass is 32.2. The number of hydrogen-bond donors (Lipinski definition) is 1. The molecule has 0 unspecified atom stereocenters. The summed E-state index contributed by atoms with van der Waals surface area (Å²) in [6, 6.07) is 2.20. The summed E-state index contributed by atoms with van der Waals surface area (Å²) in [6.45, 7) is 3.27. The first-order valence-corrected chi connectivity index (χ1v) is 10.8. The maximum Gasteiger partial charge on any atom is 0.211 e. The van der Waals surface area contributed by atoms with Gasteiger partial charge in [0.1, 0.15) is 5.52 Å². The number of nitrogens with zero attached hydrogens (tertiary/aromatic N) is 4. The SMILES string of the molecule is CCS(=O)(=O)NC1CCN(c2nccn3nc(C4CCC4)cc23)CC1. The fourth-order valence-electron chi connectivity index (χ4n) is 3.62. The van der Waals surface area contributed by atoms with Gasteiger partial charge in [0.05, 0.1) is 11.4 Å². The van der Waals surface area contributed by atoms with Gasteiger partial charge in [-0.25, -0.2) is 22.6 Å². The van der Waals surface area contributed by atoms with Gasteiger partial charge in [0, 0.05) is 37.4 Å². The molecule has 8 heteroatoms. The average Bonchev–Trinajstić information content (AvgIpc) is 2.97. The molecule has 2 aromatic rings. The van der Waals surface area contributed by atoms with Gasteiger partial charge in [0.2, 0.25) is 10.0 Å². The summed E-state index contributed by atoms with van der Waals surface area (Å²) < 4.78 is 28.2. The lowest BCUT2D eigenvalue weighted by Gasteiger charge is -2.33. The van der Waals surface area contributed by atoms with Gasteiger partial charge in [-0.1, -0.05) is 6.42 Å². The molecule has 3 heterocycles. The molecule has 1 aliphatic heterocycles. The minimum Gasteiger partial charge on any atom is -0.355 e. The standard InChI is InChI=1S/C17H25N5O2S/c1-2-25(23,24)20-14-6-9-21(10-7-14)17-16-12-15(13-4-3-5-13)19-22(16)11-8-18-17/h8,11-14,20H,2-7,9-10H2,1H3. The predicted molar refractivity (Wildman–Crippen MR) is 97.4 cm³/mol. The van der Waals surface area contributed by atoms with E-state index in [-0.39, 0.29) is 11.8 Å². The number of rotatable bonds is 5. The smallest absolute Gasteiger partial charge is 0.211 e. The minimum absolute atomic E-state index is 0.0244. The summed E-state index contributed by atoms with van der Waals surface area (Å²) in [4.78, 5) is 6.84. The van der Waals surface area contributed by atoms with E-state index in [0.717, 1.165) is 37.3 Å². The Kier molecular flexibility index (Phi) is 4.41. The normalized spacial score (nSPS) is 20.1. The molecule has 0 atom stereocenters. The first-order valence-electron chi connectivity index (χ1n) is 9.15. The molecule has 1 saturated carbocycles. The Balaban J connectivity index is 1.50. The van der Waals surface area contributed by atoms with Crippen LogP contribution in [-0.4, -0.2) is 47.9 Å². The van der Waals surface area contributed by atoms with E-state index in [9.17, 15) is 8.42 Å².